The monoisotopic (exact) mass is 508 g/mol. The lowest BCUT2D eigenvalue weighted by molar-refractivity contribution is -0.137. The first-order chi connectivity index (χ1) is 16.4. The van der Waals surface area contributed by atoms with Gasteiger partial charge in [0.2, 0.25) is 10.0 Å². The van der Waals surface area contributed by atoms with Crippen molar-refractivity contribution in [2.45, 2.75) is 30.6 Å². The highest BCUT2D eigenvalue weighted by molar-refractivity contribution is 7.89. The molecule has 2 aromatic rings. The summed E-state index contributed by atoms with van der Waals surface area (Å²) in [5.74, 6) is 0. The number of carbonyl (C=O) groups excluding carboxylic acids is 1. The number of hydrogen-bond acceptors (Lipinski definition) is 5. The lowest BCUT2D eigenvalue weighted by Crippen LogP contribution is -2.59. The average Bonchev–Trinajstić information content (AvgIpc) is 2.82. The quantitative estimate of drug-likeness (QED) is 0.613. The van der Waals surface area contributed by atoms with Crippen molar-refractivity contribution >= 4 is 21.7 Å². The first-order valence-electron chi connectivity index (χ1n) is 10.5. The second kappa shape index (κ2) is 10.1. The Bertz CT molecular complexity index is 1270. The van der Waals surface area contributed by atoms with E-state index in [0.717, 1.165) is 32.3 Å². The van der Waals surface area contributed by atoms with E-state index >= 15 is 0 Å². The number of carbonyl (C=O) groups is 1. The van der Waals surface area contributed by atoms with Gasteiger partial charge < -0.3 is 10.0 Å². The molecule has 1 heterocycles. The first kappa shape index (κ1) is 26.2. The van der Waals surface area contributed by atoms with E-state index in [2.05, 4.69) is 0 Å². The van der Waals surface area contributed by atoms with Crippen LogP contribution >= 0.6 is 0 Å². The molecule has 0 saturated carbocycles. The van der Waals surface area contributed by atoms with Gasteiger partial charge in [-0.25, -0.2) is 13.2 Å². The number of rotatable bonds is 7. The van der Waals surface area contributed by atoms with Crippen LogP contribution in [0.1, 0.15) is 18.9 Å². The van der Waals surface area contributed by atoms with E-state index in [1.165, 1.54) is 44.3 Å². The molecule has 0 saturated heterocycles. The number of amides is 2. The molecular weight excluding hydrogens is 485 g/mol. The summed E-state index contributed by atoms with van der Waals surface area (Å²) in [6.07, 6.45) is -5.99. The molecular formula is C23H23F3N4O4S. The molecule has 0 unspecified atom stereocenters. The zero-order valence-corrected chi connectivity index (χ0v) is 19.7. The summed E-state index contributed by atoms with van der Waals surface area (Å²) < 4.78 is 67.7. The molecule has 0 spiro atoms. The average molecular weight is 509 g/mol. The maximum absolute atomic E-state index is 13.5. The molecule has 0 bridgehead atoms. The molecule has 0 aromatic heterocycles. The molecule has 8 nitrogen and oxygen atoms in total. The molecule has 1 atom stereocenters. The third kappa shape index (κ3) is 5.02. The van der Waals surface area contributed by atoms with Crippen LogP contribution in [0, 0.1) is 11.3 Å². The van der Waals surface area contributed by atoms with Crippen molar-refractivity contribution in [1.29, 1.82) is 5.26 Å². The molecule has 2 amide bonds. The van der Waals surface area contributed by atoms with Gasteiger partial charge in [0, 0.05) is 25.9 Å². The Balaban J connectivity index is 2.17. The number of nitrogens with zero attached hydrogens (tertiary/aromatic N) is 4. The molecule has 186 valence electrons. The third-order valence-electron chi connectivity index (χ3n) is 5.55. The van der Waals surface area contributed by atoms with Crippen molar-refractivity contribution in [3.63, 3.8) is 0 Å². The van der Waals surface area contributed by atoms with Crippen LogP contribution in [0.5, 0.6) is 0 Å². The van der Waals surface area contributed by atoms with Crippen molar-refractivity contribution in [1.82, 2.24) is 9.21 Å². The number of anilines is 1. The highest BCUT2D eigenvalue weighted by atomic mass is 32.2. The Morgan fingerprint density at radius 3 is 2.37 bits per heavy atom. The van der Waals surface area contributed by atoms with Gasteiger partial charge in [-0.3, -0.25) is 4.90 Å². The molecule has 12 heteroatoms. The van der Waals surface area contributed by atoms with Gasteiger partial charge in [0.1, 0.15) is 12.2 Å². The number of aliphatic hydroxyl groups excluding tert-OH is 1. The predicted molar refractivity (Wildman–Crippen MR) is 121 cm³/mol. The van der Waals surface area contributed by atoms with Crippen molar-refractivity contribution in [3.8, 4) is 6.07 Å². The summed E-state index contributed by atoms with van der Waals surface area (Å²) >= 11 is 0. The minimum Gasteiger partial charge on any atom is -0.396 e. The number of urea groups is 1. The zero-order chi connectivity index (χ0) is 26.0. The zero-order valence-electron chi connectivity index (χ0n) is 18.9. The minimum atomic E-state index is -4.65. The minimum absolute atomic E-state index is 0.00261. The number of sulfonamides is 1. The number of alkyl halides is 3. The summed E-state index contributed by atoms with van der Waals surface area (Å²) in [6, 6.07) is 12.6. The summed E-state index contributed by atoms with van der Waals surface area (Å²) in [5.41, 5.74) is -1.23. The van der Waals surface area contributed by atoms with Gasteiger partial charge in [-0.05, 0) is 43.7 Å². The standard InChI is InChI=1S/C23H23F3N4O4S/c1-16-20(15-27)21(29(12-7-13-31)35(33,34)19-10-4-3-5-11-19)28(2)22(32)30(16)18-9-6-8-17(14-18)23(24,25)26/h3-6,8-11,14,21,31H,7,12-13H2,1-2H3/t21-/m0/s1. The van der Waals surface area contributed by atoms with Gasteiger partial charge >= 0.3 is 12.2 Å². The fourth-order valence-corrected chi connectivity index (χ4v) is 5.49. The van der Waals surface area contributed by atoms with Gasteiger partial charge in [-0.2, -0.15) is 22.7 Å². The topological polar surface area (TPSA) is 105 Å². The number of allylic oxidation sites excluding steroid dienone is 1. The molecule has 1 aliphatic rings. The number of likely N-dealkylation sites (N-methyl/N-ethyl adjacent to an activating group) is 1. The maximum atomic E-state index is 13.5. The molecule has 0 aliphatic carbocycles. The van der Waals surface area contributed by atoms with Crippen LogP contribution in [-0.4, -0.2) is 55.1 Å². The fourth-order valence-electron chi connectivity index (χ4n) is 3.84. The Morgan fingerprint density at radius 1 is 1.14 bits per heavy atom. The third-order valence-corrected chi connectivity index (χ3v) is 7.42. The lowest BCUT2D eigenvalue weighted by Gasteiger charge is -2.43. The number of nitriles is 1. The van der Waals surface area contributed by atoms with E-state index in [-0.39, 0.29) is 41.4 Å². The lowest BCUT2D eigenvalue weighted by atomic mass is 10.1. The molecule has 35 heavy (non-hydrogen) atoms. The summed E-state index contributed by atoms with van der Waals surface area (Å²) in [6.45, 7) is 0.820. The number of hydrogen-bond donors (Lipinski definition) is 1. The second-order valence-corrected chi connectivity index (χ2v) is 9.66. The van der Waals surface area contributed by atoms with Gasteiger partial charge in [-0.15, -0.1) is 0 Å². The molecule has 3 rings (SSSR count). The maximum Gasteiger partial charge on any atom is 0.416 e. The smallest absolute Gasteiger partial charge is 0.396 e. The van der Waals surface area contributed by atoms with Crippen LogP contribution in [0.2, 0.25) is 0 Å². The summed E-state index contributed by atoms with van der Waals surface area (Å²) in [4.78, 5) is 15.2. The Morgan fingerprint density at radius 2 is 1.80 bits per heavy atom. The summed E-state index contributed by atoms with van der Waals surface area (Å²) in [7, 11) is -2.96. The number of halogens is 3. The van der Waals surface area contributed by atoms with Crippen LogP contribution in [0.25, 0.3) is 0 Å². The molecule has 2 aromatic carbocycles. The number of benzene rings is 2. The van der Waals surface area contributed by atoms with Crippen LogP contribution in [-0.2, 0) is 16.2 Å². The van der Waals surface area contributed by atoms with Crippen LogP contribution in [0.3, 0.4) is 0 Å². The first-order valence-corrected chi connectivity index (χ1v) is 11.9. The Kier molecular flexibility index (Phi) is 7.54. The molecule has 1 N–H and O–H groups in total. The second-order valence-electron chi connectivity index (χ2n) is 7.77. The van der Waals surface area contributed by atoms with Crippen molar-refractivity contribution in [3.05, 3.63) is 71.4 Å². The fraction of sp³-hybridized carbons (Fsp3) is 0.304. The van der Waals surface area contributed by atoms with Crippen LogP contribution in [0.4, 0.5) is 23.7 Å². The predicted octanol–water partition coefficient (Wildman–Crippen LogP) is 3.77. The van der Waals surface area contributed by atoms with Gasteiger partial charge in [0.05, 0.1) is 21.7 Å². The van der Waals surface area contributed by atoms with Gasteiger partial charge in [-0.1, -0.05) is 24.3 Å². The van der Waals surface area contributed by atoms with E-state index in [0.29, 0.717) is 0 Å². The van der Waals surface area contributed by atoms with Gasteiger partial charge in [0.25, 0.3) is 0 Å². The van der Waals surface area contributed by atoms with E-state index in [4.69, 9.17) is 0 Å². The summed E-state index contributed by atoms with van der Waals surface area (Å²) in [5, 5.41) is 19.3. The molecule has 0 radical (unpaired) electrons. The van der Waals surface area contributed by atoms with Crippen molar-refractivity contribution in [2.24, 2.45) is 0 Å². The molecule has 1 aliphatic heterocycles. The van der Waals surface area contributed by atoms with E-state index in [9.17, 15) is 36.8 Å². The molecule has 0 fully saturated rings. The van der Waals surface area contributed by atoms with E-state index < -0.39 is 34.0 Å². The van der Waals surface area contributed by atoms with E-state index in [1.54, 1.807) is 6.07 Å². The highest BCUT2D eigenvalue weighted by Gasteiger charge is 2.44. The van der Waals surface area contributed by atoms with Crippen LogP contribution in [0.15, 0.2) is 70.8 Å². The number of aliphatic hydroxyl groups is 1. The van der Waals surface area contributed by atoms with Crippen molar-refractivity contribution < 1.29 is 31.5 Å². The van der Waals surface area contributed by atoms with E-state index in [1.807, 2.05) is 6.07 Å². The van der Waals surface area contributed by atoms with Crippen molar-refractivity contribution in [2.75, 3.05) is 25.1 Å². The highest BCUT2D eigenvalue weighted by Crippen LogP contribution is 2.37. The van der Waals surface area contributed by atoms with Gasteiger partial charge in [0.15, 0.2) is 0 Å². The normalized spacial score (nSPS) is 17.2. The van der Waals surface area contributed by atoms with Crippen LogP contribution < -0.4 is 4.90 Å². The largest absolute Gasteiger partial charge is 0.416 e. The Hall–Kier alpha value is -3.40. The Labute approximate surface area is 201 Å². The SMILES string of the molecule is CC1=C(C#N)[C@H](N(CCCO)S(=O)(=O)c2ccccc2)N(C)C(=O)N1c1cccc(C(F)(F)F)c1.